The van der Waals surface area contributed by atoms with Gasteiger partial charge in [0.1, 0.15) is 5.82 Å². The molecule has 0 radical (unpaired) electrons. The van der Waals surface area contributed by atoms with E-state index < -0.39 is 18.8 Å². The van der Waals surface area contributed by atoms with Crippen LogP contribution in [0.2, 0.25) is 5.02 Å². The lowest BCUT2D eigenvalue weighted by molar-refractivity contribution is 0.102. The van der Waals surface area contributed by atoms with Crippen molar-refractivity contribution in [3.8, 4) is 0 Å². The fraction of sp³-hybridized carbons (Fsp3) is 0.0714. The first-order valence-corrected chi connectivity index (χ1v) is 6.61. The van der Waals surface area contributed by atoms with Crippen molar-refractivity contribution in [2.24, 2.45) is 0 Å². The molecule has 0 aromatic heterocycles. The summed E-state index contributed by atoms with van der Waals surface area (Å²) in [4.78, 5) is 12.2. The van der Waals surface area contributed by atoms with Crippen LogP contribution >= 0.6 is 11.6 Å². The van der Waals surface area contributed by atoms with E-state index >= 15 is 0 Å². The van der Waals surface area contributed by atoms with Crippen LogP contribution in [0.15, 0.2) is 36.4 Å². The summed E-state index contributed by atoms with van der Waals surface area (Å²) in [5.41, 5.74) is 1.79. The maximum absolute atomic E-state index is 13.1. The molecule has 0 spiro atoms. The summed E-state index contributed by atoms with van der Waals surface area (Å²) in [6.07, 6.45) is 0. The lowest BCUT2D eigenvalue weighted by Gasteiger charge is -2.09. The molecule has 1 aliphatic rings. The van der Waals surface area contributed by atoms with Gasteiger partial charge >= 0.3 is 7.12 Å². The van der Waals surface area contributed by atoms with E-state index in [9.17, 15) is 14.2 Å². The van der Waals surface area contributed by atoms with Gasteiger partial charge in [-0.1, -0.05) is 17.7 Å². The highest BCUT2D eigenvalue weighted by atomic mass is 35.5. The molecule has 0 unspecified atom stereocenters. The smallest absolute Gasteiger partial charge is 0.423 e. The molecule has 2 aromatic carbocycles. The number of fused-ring (bicyclic) bond motifs is 1. The summed E-state index contributed by atoms with van der Waals surface area (Å²) in [6, 6.07) is 8.63. The first-order chi connectivity index (χ1) is 10.0. The van der Waals surface area contributed by atoms with Gasteiger partial charge in [0.05, 0.1) is 17.2 Å². The predicted molar refractivity (Wildman–Crippen MR) is 78.2 cm³/mol. The maximum atomic E-state index is 13.1. The van der Waals surface area contributed by atoms with Crippen LogP contribution in [0.5, 0.6) is 0 Å². The van der Waals surface area contributed by atoms with E-state index in [1.54, 1.807) is 12.1 Å². The van der Waals surface area contributed by atoms with Gasteiger partial charge in [-0.2, -0.15) is 0 Å². The van der Waals surface area contributed by atoms with E-state index in [0.29, 0.717) is 11.2 Å². The molecule has 2 N–H and O–H groups in total. The van der Waals surface area contributed by atoms with Crippen molar-refractivity contribution in [2.75, 3.05) is 5.32 Å². The van der Waals surface area contributed by atoms with Crippen LogP contribution in [-0.2, 0) is 11.3 Å². The van der Waals surface area contributed by atoms with E-state index in [2.05, 4.69) is 5.32 Å². The van der Waals surface area contributed by atoms with E-state index in [1.807, 2.05) is 0 Å². The van der Waals surface area contributed by atoms with Gasteiger partial charge in [0.25, 0.3) is 5.91 Å². The summed E-state index contributed by atoms with van der Waals surface area (Å²) >= 11 is 6.08. The molecule has 2 aromatic rings. The van der Waals surface area contributed by atoms with Crippen molar-refractivity contribution in [2.45, 2.75) is 6.61 Å². The quantitative estimate of drug-likeness (QED) is 0.834. The normalized spacial score (nSPS) is 13.2. The summed E-state index contributed by atoms with van der Waals surface area (Å²) in [5, 5.41) is 12.5. The van der Waals surface area contributed by atoms with E-state index in [1.165, 1.54) is 24.3 Å². The van der Waals surface area contributed by atoms with Crippen molar-refractivity contribution in [1.82, 2.24) is 0 Å². The van der Waals surface area contributed by atoms with Crippen LogP contribution in [0, 0.1) is 5.82 Å². The number of carbonyl (C=O) groups excluding carboxylic acids is 1. The van der Waals surface area contributed by atoms with Crippen molar-refractivity contribution in [3.63, 3.8) is 0 Å². The zero-order valence-electron chi connectivity index (χ0n) is 10.8. The van der Waals surface area contributed by atoms with Crippen LogP contribution in [-0.4, -0.2) is 18.0 Å². The summed E-state index contributed by atoms with van der Waals surface area (Å²) in [5.74, 6) is -0.927. The summed E-state index contributed by atoms with van der Waals surface area (Å²) in [6.45, 7) is 0.252. The number of hydrogen-bond donors (Lipinski definition) is 2. The standard InChI is InChI=1S/C14H10BClFNO3/c16-13-4-8-7-21-15(20)12(8)6-11(13)14(19)18-10-3-1-2-9(17)5-10/h1-6,20H,7H2,(H,18,19). The average Bonchev–Trinajstić information content (AvgIpc) is 2.78. The molecule has 1 aliphatic heterocycles. The first-order valence-electron chi connectivity index (χ1n) is 6.23. The van der Waals surface area contributed by atoms with Crippen LogP contribution in [0.4, 0.5) is 10.1 Å². The van der Waals surface area contributed by atoms with Crippen LogP contribution < -0.4 is 10.8 Å². The number of amides is 1. The average molecular weight is 306 g/mol. The molecule has 3 rings (SSSR count). The van der Waals surface area contributed by atoms with Gasteiger partial charge in [0.2, 0.25) is 0 Å². The van der Waals surface area contributed by atoms with Crippen molar-refractivity contribution in [1.29, 1.82) is 0 Å². The Morgan fingerprint density at radius 3 is 2.95 bits per heavy atom. The molecule has 106 valence electrons. The van der Waals surface area contributed by atoms with Gasteiger partial charge in [-0.15, -0.1) is 0 Å². The summed E-state index contributed by atoms with van der Waals surface area (Å²) < 4.78 is 18.2. The molecule has 21 heavy (non-hydrogen) atoms. The fourth-order valence-electron chi connectivity index (χ4n) is 2.18. The number of rotatable bonds is 2. The SMILES string of the molecule is O=C(Nc1cccc(F)c1)c1cc2c(cc1Cl)COB2O. The molecule has 4 nitrogen and oxygen atoms in total. The molecular formula is C14H10BClFNO3. The third-order valence-electron chi connectivity index (χ3n) is 3.22. The third-order valence-corrected chi connectivity index (χ3v) is 3.53. The van der Waals surface area contributed by atoms with Crippen LogP contribution in [0.3, 0.4) is 0 Å². The number of anilines is 1. The Hall–Kier alpha value is -1.89. The Morgan fingerprint density at radius 1 is 1.38 bits per heavy atom. The van der Waals surface area contributed by atoms with Crippen molar-refractivity contribution < 1.29 is 18.9 Å². The van der Waals surface area contributed by atoms with E-state index in [-0.39, 0.29) is 17.2 Å². The number of nitrogens with one attached hydrogen (secondary N) is 1. The minimum Gasteiger partial charge on any atom is -0.423 e. The lowest BCUT2D eigenvalue weighted by Crippen LogP contribution is -2.29. The molecule has 0 bridgehead atoms. The molecule has 0 fully saturated rings. The van der Waals surface area contributed by atoms with Crippen molar-refractivity contribution >= 4 is 35.8 Å². The maximum Gasteiger partial charge on any atom is 0.491 e. The largest absolute Gasteiger partial charge is 0.491 e. The molecule has 0 atom stereocenters. The number of hydrogen-bond acceptors (Lipinski definition) is 3. The lowest BCUT2D eigenvalue weighted by atomic mass is 9.78. The van der Waals surface area contributed by atoms with Crippen molar-refractivity contribution in [3.05, 3.63) is 58.4 Å². The number of carbonyl (C=O) groups is 1. The van der Waals surface area contributed by atoms with Gasteiger partial charge in [0.15, 0.2) is 0 Å². The summed E-state index contributed by atoms with van der Waals surface area (Å²) in [7, 11) is -1.06. The first kappa shape index (κ1) is 14.1. The predicted octanol–water partition coefficient (Wildman–Crippen LogP) is 1.95. The number of benzene rings is 2. The second kappa shape index (κ2) is 5.48. The van der Waals surface area contributed by atoms with Crippen LogP contribution in [0.25, 0.3) is 0 Å². The highest BCUT2D eigenvalue weighted by molar-refractivity contribution is 6.61. The van der Waals surface area contributed by atoms with Crippen LogP contribution in [0.1, 0.15) is 15.9 Å². The van der Waals surface area contributed by atoms with Gasteiger partial charge in [0, 0.05) is 5.69 Å². The zero-order valence-corrected chi connectivity index (χ0v) is 11.5. The Kier molecular flexibility index (Phi) is 3.67. The zero-order chi connectivity index (χ0) is 15.0. The second-order valence-electron chi connectivity index (χ2n) is 4.66. The second-order valence-corrected chi connectivity index (χ2v) is 5.07. The molecular weight excluding hydrogens is 295 g/mol. The van der Waals surface area contributed by atoms with Gasteiger partial charge in [-0.05, 0) is 41.4 Å². The Bertz CT molecular complexity index is 725. The van der Waals surface area contributed by atoms with Gasteiger partial charge in [-0.3, -0.25) is 4.79 Å². The van der Waals surface area contributed by atoms with E-state index in [0.717, 1.165) is 5.56 Å². The Morgan fingerprint density at radius 2 is 2.19 bits per heavy atom. The van der Waals surface area contributed by atoms with Gasteiger partial charge < -0.3 is 15.0 Å². The Labute approximate surface area is 125 Å². The molecule has 7 heteroatoms. The molecule has 1 heterocycles. The minimum absolute atomic E-state index is 0.198. The Balaban J connectivity index is 1.90. The highest BCUT2D eigenvalue weighted by Gasteiger charge is 2.29. The topological polar surface area (TPSA) is 58.6 Å². The minimum atomic E-state index is -1.06. The van der Waals surface area contributed by atoms with Gasteiger partial charge in [-0.25, -0.2) is 4.39 Å². The monoisotopic (exact) mass is 305 g/mol. The molecule has 0 saturated carbocycles. The van der Waals surface area contributed by atoms with E-state index in [4.69, 9.17) is 16.3 Å². The molecule has 1 amide bonds. The fourth-order valence-corrected chi connectivity index (χ4v) is 2.46. The number of halogens is 2. The molecule has 0 aliphatic carbocycles. The molecule has 0 saturated heterocycles. The highest BCUT2D eigenvalue weighted by Crippen LogP contribution is 2.22. The third kappa shape index (κ3) is 2.78.